The summed E-state index contributed by atoms with van der Waals surface area (Å²) in [6, 6.07) is 7.27. The van der Waals surface area contributed by atoms with Crippen molar-refractivity contribution in [1.82, 2.24) is 5.32 Å². The summed E-state index contributed by atoms with van der Waals surface area (Å²) in [6.45, 7) is 4.33. The topological polar surface area (TPSA) is 35.8 Å². The molecule has 16 heavy (non-hydrogen) atoms. The van der Waals surface area contributed by atoms with Crippen LogP contribution in [0, 0.1) is 11.3 Å². The maximum atomic E-state index is 8.75. The minimum absolute atomic E-state index is 0.323. The van der Waals surface area contributed by atoms with E-state index in [4.69, 9.17) is 5.26 Å². The van der Waals surface area contributed by atoms with Crippen molar-refractivity contribution in [1.29, 1.82) is 5.26 Å². The van der Waals surface area contributed by atoms with Gasteiger partial charge in [-0.3, -0.25) is 0 Å². The summed E-state index contributed by atoms with van der Waals surface area (Å²) >= 11 is 1.80. The van der Waals surface area contributed by atoms with Crippen molar-refractivity contribution in [2.24, 2.45) is 0 Å². The molecule has 0 spiro atoms. The summed E-state index contributed by atoms with van der Waals surface area (Å²) in [7, 11) is 0. The molecule has 0 aliphatic carbocycles. The second kappa shape index (κ2) is 7.43. The number of hydrogen-bond acceptors (Lipinski definition) is 3. The highest BCUT2D eigenvalue weighted by molar-refractivity contribution is 7.10. The van der Waals surface area contributed by atoms with Gasteiger partial charge in [-0.2, -0.15) is 5.26 Å². The van der Waals surface area contributed by atoms with Gasteiger partial charge in [-0.25, -0.2) is 0 Å². The number of nitrogens with zero attached hydrogens (tertiary/aromatic N) is 1. The van der Waals surface area contributed by atoms with Crippen molar-refractivity contribution in [3.8, 4) is 6.07 Å². The third-order valence-electron chi connectivity index (χ3n) is 2.73. The molecule has 1 heterocycles. The van der Waals surface area contributed by atoms with E-state index in [0.717, 1.165) is 12.8 Å². The molecule has 0 amide bonds. The van der Waals surface area contributed by atoms with Gasteiger partial charge < -0.3 is 5.32 Å². The second-order valence-electron chi connectivity index (χ2n) is 3.99. The number of nitrogens with one attached hydrogen (secondary N) is 1. The van der Waals surface area contributed by atoms with Crippen molar-refractivity contribution in [3.63, 3.8) is 0 Å². The van der Waals surface area contributed by atoms with Crippen LogP contribution in [-0.2, 0) is 0 Å². The molecule has 0 aromatic carbocycles. The number of nitriles is 1. The average molecular weight is 236 g/mol. The lowest BCUT2D eigenvalue weighted by molar-refractivity contribution is 0.411. The largest absolute Gasteiger partial charge is 0.305 e. The van der Waals surface area contributed by atoms with Crippen LogP contribution in [0.15, 0.2) is 17.5 Å². The van der Waals surface area contributed by atoms with Gasteiger partial charge in [0.2, 0.25) is 0 Å². The van der Waals surface area contributed by atoms with Gasteiger partial charge in [-0.05, 0) is 24.3 Å². The molecule has 2 atom stereocenters. The molecule has 0 bridgehead atoms. The molecule has 3 heteroatoms. The van der Waals surface area contributed by atoms with Crippen molar-refractivity contribution < 1.29 is 0 Å². The number of rotatable bonds is 7. The van der Waals surface area contributed by atoms with Gasteiger partial charge in [0.15, 0.2) is 0 Å². The predicted molar refractivity (Wildman–Crippen MR) is 69.4 cm³/mol. The first-order valence-corrected chi connectivity index (χ1v) is 6.86. The molecule has 0 aliphatic rings. The zero-order chi connectivity index (χ0) is 11.8. The molecule has 0 radical (unpaired) electrons. The quantitative estimate of drug-likeness (QED) is 0.780. The van der Waals surface area contributed by atoms with E-state index < -0.39 is 0 Å². The Kier molecular flexibility index (Phi) is 6.14. The van der Waals surface area contributed by atoms with Crippen LogP contribution in [0.2, 0.25) is 0 Å². The van der Waals surface area contributed by atoms with Crippen molar-refractivity contribution in [2.45, 2.75) is 51.6 Å². The van der Waals surface area contributed by atoms with Crippen LogP contribution < -0.4 is 5.32 Å². The third-order valence-corrected chi connectivity index (χ3v) is 3.72. The molecule has 0 aliphatic heterocycles. The Morgan fingerprint density at radius 3 is 2.81 bits per heavy atom. The lowest BCUT2D eigenvalue weighted by Crippen LogP contribution is -2.31. The van der Waals surface area contributed by atoms with E-state index in [1.165, 1.54) is 11.3 Å². The molecule has 1 rings (SSSR count). The minimum Gasteiger partial charge on any atom is -0.305 e. The fraction of sp³-hybridized carbons (Fsp3) is 0.615. The van der Waals surface area contributed by atoms with E-state index in [1.807, 2.05) is 0 Å². The van der Waals surface area contributed by atoms with Gasteiger partial charge in [-0.15, -0.1) is 11.3 Å². The second-order valence-corrected chi connectivity index (χ2v) is 4.97. The van der Waals surface area contributed by atoms with Crippen molar-refractivity contribution in [3.05, 3.63) is 22.4 Å². The van der Waals surface area contributed by atoms with Crippen LogP contribution in [0.1, 0.15) is 50.4 Å². The first kappa shape index (κ1) is 13.2. The summed E-state index contributed by atoms with van der Waals surface area (Å²) in [6.07, 6.45) is 3.92. The monoisotopic (exact) mass is 236 g/mol. The van der Waals surface area contributed by atoms with E-state index in [0.29, 0.717) is 18.5 Å². The Labute approximate surface area is 102 Å². The maximum Gasteiger partial charge on any atom is 0.0638 e. The fourth-order valence-corrected chi connectivity index (χ4v) is 2.62. The lowest BCUT2D eigenvalue weighted by Gasteiger charge is -2.22. The highest BCUT2D eigenvalue weighted by Gasteiger charge is 2.15. The zero-order valence-electron chi connectivity index (χ0n) is 10.1. The maximum absolute atomic E-state index is 8.75. The molecule has 0 fully saturated rings. The number of thiophene rings is 1. The van der Waals surface area contributed by atoms with E-state index in [9.17, 15) is 0 Å². The van der Waals surface area contributed by atoms with Gasteiger partial charge in [0.05, 0.1) is 12.5 Å². The summed E-state index contributed by atoms with van der Waals surface area (Å²) < 4.78 is 0. The normalized spacial score (nSPS) is 14.3. The van der Waals surface area contributed by atoms with Crippen LogP contribution >= 0.6 is 11.3 Å². The third kappa shape index (κ3) is 3.96. The zero-order valence-corrected chi connectivity index (χ0v) is 10.9. The number of hydrogen-bond donors (Lipinski definition) is 1. The first-order valence-electron chi connectivity index (χ1n) is 5.98. The molecule has 88 valence electrons. The Balaban J connectivity index is 2.60. The van der Waals surface area contributed by atoms with Crippen LogP contribution in [0.5, 0.6) is 0 Å². The molecule has 1 N–H and O–H groups in total. The highest BCUT2D eigenvalue weighted by Crippen LogP contribution is 2.24. The average Bonchev–Trinajstić information content (AvgIpc) is 2.81. The van der Waals surface area contributed by atoms with Crippen molar-refractivity contribution >= 4 is 11.3 Å². The molecule has 1 aromatic heterocycles. The molecule has 2 unspecified atom stereocenters. The Morgan fingerprint density at radius 2 is 2.31 bits per heavy atom. The first-order chi connectivity index (χ1) is 7.81. The van der Waals surface area contributed by atoms with E-state index in [-0.39, 0.29) is 0 Å². The van der Waals surface area contributed by atoms with Gasteiger partial charge in [0.1, 0.15) is 0 Å². The molecular weight excluding hydrogens is 216 g/mol. The highest BCUT2D eigenvalue weighted by atomic mass is 32.1. The summed E-state index contributed by atoms with van der Waals surface area (Å²) in [5.74, 6) is 0. The fourth-order valence-electron chi connectivity index (χ4n) is 1.80. The molecule has 1 aromatic rings. The lowest BCUT2D eigenvalue weighted by atomic mass is 10.1. The van der Waals surface area contributed by atoms with Gasteiger partial charge in [0.25, 0.3) is 0 Å². The smallest absolute Gasteiger partial charge is 0.0638 e. The van der Waals surface area contributed by atoms with E-state index in [2.05, 4.69) is 42.7 Å². The van der Waals surface area contributed by atoms with Crippen molar-refractivity contribution in [2.75, 3.05) is 0 Å². The van der Waals surface area contributed by atoms with E-state index in [1.54, 1.807) is 11.3 Å². The minimum atomic E-state index is 0.323. The Hall–Kier alpha value is -0.850. The van der Waals surface area contributed by atoms with Gasteiger partial charge in [0, 0.05) is 17.0 Å². The van der Waals surface area contributed by atoms with E-state index >= 15 is 0 Å². The Bertz CT molecular complexity index is 313. The van der Waals surface area contributed by atoms with Crippen LogP contribution in [0.4, 0.5) is 0 Å². The SMILES string of the molecule is CCCC(NC(CC)CC#N)c1cccs1. The molecular formula is C13H20N2S. The molecule has 0 saturated heterocycles. The summed E-state index contributed by atoms with van der Waals surface area (Å²) in [5.41, 5.74) is 0. The van der Waals surface area contributed by atoms with Crippen LogP contribution in [-0.4, -0.2) is 6.04 Å². The van der Waals surface area contributed by atoms with Crippen LogP contribution in [0.25, 0.3) is 0 Å². The Morgan fingerprint density at radius 1 is 1.50 bits per heavy atom. The summed E-state index contributed by atoms with van der Waals surface area (Å²) in [4.78, 5) is 1.39. The molecule has 0 saturated carbocycles. The molecule has 2 nitrogen and oxygen atoms in total. The predicted octanol–water partition coefficient (Wildman–Crippen LogP) is 3.87. The van der Waals surface area contributed by atoms with Gasteiger partial charge in [-0.1, -0.05) is 26.3 Å². The van der Waals surface area contributed by atoms with Crippen LogP contribution in [0.3, 0.4) is 0 Å². The standard InChI is InChI=1S/C13H20N2S/c1-3-6-12(13-7-5-10-16-13)15-11(4-2)8-9-14/h5,7,10-12,15H,3-4,6,8H2,1-2H3. The summed E-state index contributed by atoms with van der Waals surface area (Å²) in [5, 5.41) is 14.5. The van der Waals surface area contributed by atoms with Gasteiger partial charge >= 0.3 is 0 Å².